The van der Waals surface area contributed by atoms with Crippen LogP contribution in [0.2, 0.25) is 5.15 Å². The van der Waals surface area contributed by atoms with Crippen LogP contribution in [-0.2, 0) is 19.4 Å². The highest BCUT2D eigenvalue weighted by Crippen LogP contribution is 2.29. The standard InChI is InChI=1S/C24H22ClFN2O/c1-15-7-10-22(26)21(11-15)24(29)28(14-19-9-8-16(2)27-23(19)25)20-12-17-5-3-4-6-18(17)13-20/h3-11,20H,12-14H2,1-2H3. The largest absolute Gasteiger partial charge is 0.330 e. The number of nitrogens with zero attached hydrogens (tertiary/aromatic N) is 2. The van der Waals surface area contributed by atoms with Gasteiger partial charge in [-0.05, 0) is 56.0 Å². The minimum Gasteiger partial charge on any atom is -0.330 e. The Hall–Kier alpha value is -2.72. The summed E-state index contributed by atoms with van der Waals surface area (Å²) in [6.07, 6.45) is 1.48. The van der Waals surface area contributed by atoms with Gasteiger partial charge in [-0.15, -0.1) is 0 Å². The number of fused-ring (bicyclic) bond motifs is 1. The highest BCUT2D eigenvalue weighted by atomic mass is 35.5. The topological polar surface area (TPSA) is 33.2 Å². The molecule has 0 bridgehead atoms. The van der Waals surface area contributed by atoms with Crippen molar-refractivity contribution in [2.24, 2.45) is 0 Å². The average molecular weight is 409 g/mol. The number of amides is 1. The fourth-order valence-corrected chi connectivity index (χ4v) is 4.19. The number of rotatable bonds is 4. The van der Waals surface area contributed by atoms with Crippen molar-refractivity contribution in [3.8, 4) is 0 Å². The number of aromatic nitrogens is 1. The molecule has 0 saturated carbocycles. The third kappa shape index (κ3) is 4.03. The van der Waals surface area contributed by atoms with Gasteiger partial charge < -0.3 is 4.90 Å². The summed E-state index contributed by atoms with van der Waals surface area (Å²) in [6, 6.07) is 16.5. The molecule has 0 N–H and O–H groups in total. The monoisotopic (exact) mass is 408 g/mol. The second kappa shape index (κ2) is 7.96. The molecule has 0 unspecified atom stereocenters. The molecule has 148 valence electrons. The summed E-state index contributed by atoms with van der Waals surface area (Å²) in [6.45, 7) is 4.01. The van der Waals surface area contributed by atoms with E-state index in [1.807, 2.05) is 38.1 Å². The summed E-state index contributed by atoms with van der Waals surface area (Å²) in [5, 5.41) is 0.378. The lowest BCUT2D eigenvalue weighted by Crippen LogP contribution is -2.41. The molecule has 2 aromatic carbocycles. The average Bonchev–Trinajstić information content (AvgIpc) is 3.12. The molecule has 3 nitrogen and oxygen atoms in total. The van der Waals surface area contributed by atoms with Crippen LogP contribution in [0.1, 0.15) is 38.3 Å². The van der Waals surface area contributed by atoms with Gasteiger partial charge in [0.15, 0.2) is 0 Å². The second-order valence-electron chi connectivity index (χ2n) is 7.65. The van der Waals surface area contributed by atoms with Crippen LogP contribution in [0.25, 0.3) is 0 Å². The van der Waals surface area contributed by atoms with Crippen LogP contribution in [0.3, 0.4) is 0 Å². The lowest BCUT2D eigenvalue weighted by atomic mass is 10.1. The summed E-state index contributed by atoms with van der Waals surface area (Å²) >= 11 is 6.35. The third-order valence-electron chi connectivity index (χ3n) is 5.49. The SMILES string of the molecule is Cc1ccc(F)c(C(=O)N(Cc2ccc(C)nc2Cl)C2Cc3ccccc3C2)c1. The lowest BCUT2D eigenvalue weighted by molar-refractivity contribution is 0.0663. The zero-order valence-electron chi connectivity index (χ0n) is 16.5. The van der Waals surface area contributed by atoms with Crippen LogP contribution < -0.4 is 0 Å². The Morgan fingerprint density at radius 2 is 1.79 bits per heavy atom. The van der Waals surface area contributed by atoms with Crippen molar-refractivity contribution in [2.75, 3.05) is 0 Å². The van der Waals surface area contributed by atoms with E-state index in [1.54, 1.807) is 17.0 Å². The molecule has 0 aliphatic heterocycles. The van der Waals surface area contributed by atoms with Crippen molar-refractivity contribution in [3.63, 3.8) is 0 Å². The molecule has 3 aromatic rings. The molecule has 0 atom stereocenters. The molecule has 1 amide bonds. The van der Waals surface area contributed by atoms with Gasteiger partial charge in [0, 0.05) is 23.8 Å². The van der Waals surface area contributed by atoms with E-state index in [0.717, 1.165) is 29.7 Å². The number of halogens is 2. The van der Waals surface area contributed by atoms with Gasteiger partial charge in [-0.25, -0.2) is 9.37 Å². The smallest absolute Gasteiger partial charge is 0.257 e. The van der Waals surface area contributed by atoms with Crippen LogP contribution in [-0.4, -0.2) is 21.8 Å². The predicted molar refractivity (Wildman–Crippen MR) is 113 cm³/mol. The normalized spacial score (nSPS) is 13.4. The van der Waals surface area contributed by atoms with Crippen LogP contribution in [0.15, 0.2) is 54.6 Å². The van der Waals surface area contributed by atoms with Gasteiger partial charge in [-0.1, -0.05) is 53.6 Å². The Morgan fingerprint density at radius 3 is 2.45 bits per heavy atom. The van der Waals surface area contributed by atoms with Crippen molar-refractivity contribution in [2.45, 2.75) is 39.3 Å². The van der Waals surface area contributed by atoms with E-state index in [2.05, 4.69) is 17.1 Å². The molecule has 0 fully saturated rings. The Morgan fingerprint density at radius 1 is 1.10 bits per heavy atom. The highest BCUT2D eigenvalue weighted by Gasteiger charge is 2.32. The molecule has 5 heteroatoms. The fourth-order valence-electron chi connectivity index (χ4n) is 3.94. The zero-order chi connectivity index (χ0) is 20.5. The number of hydrogen-bond donors (Lipinski definition) is 0. The van der Waals surface area contributed by atoms with Crippen molar-refractivity contribution in [3.05, 3.63) is 99.1 Å². The Kier molecular flexibility index (Phi) is 5.37. The summed E-state index contributed by atoms with van der Waals surface area (Å²) in [7, 11) is 0. The summed E-state index contributed by atoms with van der Waals surface area (Å²) < 4.78 is 14.5. The first kappa shape index (κ1) is 19.6. The predicted octanol–water partition coefficient (Wildman–Crippen LogP) is 5.30. The van der Waals surface area contributed by atoms with Crippen molar-refractivity contribution < 1.29 is 9.18 Å². The summed E-state index contributed by atoms with van der Waals surface area (Å²) in [4.78, 5) is 19.5. The maximum absolute atomic E-state index is 14.5. The second-order valence-corrected chi connectivity index (χ2v) is 8.01. The van der Waals surface area contributed by atoms with E-state index in [9.17, 15) is 9.18 Å². The van der Waals surface area contributed by atoms with Crippen LogP contribution in [0, 0.1) is 19.7 Å². The first-order chi connectivity index (χ1) is 13.9. The van der Waals surface area contributed by atoms with E-state index in [1.165, 1.54) is 17.2 Å². The Balaban J connectivity index is 1.71. The zero-order valence-corrected chi connectivity index (χ0v) is 17.2. The molecule has 0 saturated heterocycles. The van der Waals surface area contributed by atoms with Gasteiger partial charge in [0.25, 0.3) is 5.91 Å². The number of carbonyl (C=O) groups excluding carboxylic acids is 1. The van der Waals surface area contributed by atoms with Crippen LogP contribution >= 0.6 is 11.6 Å². The maximum atomic E-state index is 14.5. The van der Waals surface area contributed by atoms with Crippen molar-refractivity contribution in [1.82, 2.24) is 9.88 Å². The van der Waals surface area contributed by atoms with Gasteiger partial charge in [0.1, 0.15) is 11.0 Å². The first-order valence-corrected chi connectivity index (χ1v) is 10.1. The first-order valence-electron chi connectivity index (χ1n) is 9.68. The molecule has 1 aliphatic carbocycles. The fraction of sp³-hybridized carbons (Fsp3) is 0.250. The van der Waals surface area contributed by atoms with Gasteiger partial charge in [0.05, 0.1) is 5.56 Å². The number of carbonyl (C=O) groups is 1. The Labute approximate surface area is 175 Å². The molecule has 1 aliphatic rings. The van der Waals surface area contributed by atoms with Crippen LogP contribution in [0.5, 0.6) is 0 Å². The maximum Gasteiger partial charge on any atom is 0.257 e. The summed E-state index contributed by atoms with van der Waals surface area (Å²) in [5.74, 6) is -0.824. The minimum absolute atomic E-state index is 0.0582. The van der Waals surface area contributed by atoms with E-state index in [-0.39, 0.29) is 24.1 Å². The number of hydrogen-bond acceptors (Lipinski definition) is 2. The molecule has 0 spiro atoms. The molecular formula is C24H22ClFN2O. The van der Waals surface area contributed by atoms with E-state index in [4.69, 9.17) is 11.6 Å². The Bertz CT molecular complexity index is 1060. The van der Waals surface area contributed by atoms with E-state index >= 15 is 0 Å². The molecule has 0 radical (unpaired) electrons. The van der Waals surface area contributed by atoms with Crippen molar-refractivity contribution >= 4 is 17.5 Å². The number of pyridine rings is 1. The van der Waals surface area contributed by atoms with E-state index < -0.39 is 5.82 Å². The lowest BCUT2D eigenvalue weighted by Gasteiger charge is -2.30. The summed E-state index contributed by atoms with van der Waals surface area (Å²) in [5.41, 5.74) is 4.97. The number of benzene rings is 2. The third-order valence-corrected chi connectivity index (χ3v) is 5.82. The minimum atomic E-state index is -0.505. The molecule has 1 aromatic heterocycles. The number of aryl methyl sites for hydroxylation is 2. The van der Waals surface area contributed by atoms with Gasteiger partial charge in [0.2, 0.25) is 0 Å². The van der Waals surface area contributed by atoms with Crippen LogP contribution in [0.4, 0.5) is 4.39 Å². The van der Waals surface area contributed by atoms with E-state index in [0.29, 0.717) is 5.15 Å². The van der Waals surface area contributed by atoms with Crippen molar-refractivity contribution in [1.29, 1.82) is 0 Å². The van der Waals surface area contributed by atoms with Gasteiger partial charge in [-0.2, -0.15) is 0 Å². The highest BCUT2D eigenvalue weighted by molar-refractivity contribution is 6.30. The van der Waals surface area contributed by atoms with Gasteiger partial charge >= 0.3 is 0 Å². The molecular weight excluding hydrogens is 387 g/mol. The molecule has 29 heavy (non-hydrogen) atoms. The molecule has 4 rings (SSSR count). The quantitative estimate of drug-likeness (QED) is 0.549. The molecule has 1 heterocycles. The van der Waals surface area contributed by atoms with Gasteiger partial charge in [-0.3, -0.25) is 4.79 Å².